The van der Waals surface area contributed by atoms with Gasteiger partial charge in [0.2, 0.25) is 5.91 Å². The van der Waals surface area contributed by atoms with E-state index in [4.69, 9.17) is 11.5 Å². The number of carboxylic acid groups (broad SMARTS) is 1. The summed E-state index contributed by atoms with van der Waals surface area (Å²) in [7, 11) is 0. The molecule has 3 rings (SSSR count). The van der Waals surface area contributed by atoms with Crippen LogP contribution in [0.15, 0.2) is 18.2 Å². The summed E-state index contributed by atoms with van der Waals surface area (Å²) < 4.78 is 0.747. The van der Waals surface area contributed by atoms with Crippen LogP contribution < -0.4 is 4.90 Å². The molecule has 0 saturated carbocycles. The maximum Gasteiger partial charge on any atom is 0.335 e. The van der Waals surface area contributed by atoms with Crippen molar-refractivity contribution < 1.29 is 14.7 Å². The highest BCUT2D eigenvalue weighted by molar-refractivity contribution is 7.22. The SMILES string of the molecule is C#CC1CC(=O)N(c2nc3ccc(C(=O)O)cc3s2)C1. The first-order valence-electron chi connectivity index (χ1n) is 5.99. The number of fused-ring (bicyclic) bond motifs is 1. The molecule has 1 aliphatic rings. The van der Waals surface area contributed by atoms with E-state index in [1.165, 1.54) is 17.4 Å². The first kappa shape index (κ1) is 12.6. The monoisotopic (exact) mass is 286 g/mol. The van der Waals surface area contributed by atoms with Crippen LogP contribution in [-0.4, -0.2) is 28.5 Å². The topological polar surface area (TPSA) is 70.5 Å². The molecule has 2 heterocycles. The lowest BCUT2D eigenvalue weighted by Gasteiger charge is -2.10. The van der Waals surface area contributed by atoms with Gasteiger partial charge in [-0.25, -0.2) is 9.78 Å². The number of carbonyl (C=O) groups is 2. The minimum atomic E-state index is -0.980. The summed E-state index contributed by atoms with van der Waals surface area (Å²) in [5.74, 6) is 1.49. The van der Waals surface area contributed by atoms with Crippen molar-refractivity contribution in [1.82, 2.24) is 4.98 Å². The highest BCUT2D eigenvalue weighted by atomic mass is 32.1. The van der Waals surface area contributed by atoms with Crippen molar-refractivity contribution in [3.8, 4) is 12.3 Å². The van der Waals surface area contributed by atoms with Crippen LogP contribution in [0.1, 0.15) is 16.8 Å². The Labute approximate surface area is 118 Å². The van der Waals surface area contributed by atoms with E-state index in [1.54, 1.807) is 17.0 Å². The molecule has 100 valence electrons. The molecule has 1 aromatic carbocycles. The van der Waals surface area contributed by atoms with E-state index < -0.39 is 5.97 Å². The molecule has 1 aliphatic heterocycles. The van der Waals surface area contributed by atoms with Crippen molar-refractivity contribution in [2.24, 2.45) is 5.92 Å². The maximum absolute atomic E-state index is 11.9. The van der Waals surface area contributed by atoms with Crippen LogP contribution in [0.2, 0.25) is 0 Å². The zero-order chi connectivity index (χ0) is 14.3. The predicted octanol–water partition coefficient (Wildman–Crippen LogP) is 1.98. The Morgan fingerprint density at radius 1 is 1.55 bits per heavy atom. The van der Waals surface area contributed by atoms with Crippen LogP contribution >= 0.6 is 11.3 Å². The zero-order valence-corrected chi connectivity index (χ0v) is 11.2. The van der Waals surface area contributed by atoms with Crippen LogP contribution in [0.4, 0.5) is 5.13 Å². The van der Waals surface area contributed by atoms with Gasteiger partial charge in [0.25, 0.3) is 0 Å². The first-order chi connectivity index (χ1) is 9.58. The van der Waals surface area contributed by atoms with E-state index in [1.807, 2.05) is 0 Å². The van der Waals surface area contributed by atoms with Gasteiger partial charge in [-0.2, -0.15) is 0 Å². The lowest BCUT2D eigenvalue weighted by atomic mass is 10.1. The third-order valence-corrected chi connectivity index (χ3v) is 4.26. The van der Waals surface area contributed by atoms with Gasteiger partial charge in [0.15, 0.2) is 5.13 Å². The number of hydrogen-bond acceptors (Lipinski definition) is 4. The normalized spacial score (nSPS) is 18.4. The smallest absolute Gasteiger partial charge is 0.335 e. The van der Waals surface area contributed by atoms with Gasteiger partial charge in [0.05, 0.1) is 15.8 Å². The van der Waals surface area contributed by atoms with E-state index in [9.17, 15) is 9.59 Å². The summed E-state index contributed by atoms with van der Waals surface area (Å²) in [6, 6.07) is 4.72. The summed E-state index contributed by atoms with van der Waals surface area (Å²) in [6.07, 6.45) is 5.69. The van der Waals surface area contributed by atoms with Crippen LogP contribution in [0.25, 0.3) is 10.2 Å². The minimum absolute atomic E-state index is 0.0366. The van der Waals surface area contributed by atoms with Crippen LogP contribution in [0.5, 0.6) is 0 Å². The molecular formula is C14H10N2O3S. The number of terminal acetylenes is 1. The molecule has 0 spiro atoms. The Morgan fingerprint density at radius 2 is 2.35 bits per heavy atom. The van der Waals surface area contributed by atoms with Crippen molar-refractivity contribution in [3.63, 3.8) is 0 Å². The molecule has 5 nitrogen and oxygen atoms in total. The lowest BCUT2D eigenvalue weighted by molar-refractivity contribution is -0.117. The Bertz CT molecular complexity index is 759. The molecule has 1 saturated heterocycles. The molecule has 6 heteroatoms. The molecule has 0 radical (unpaired) electrons. The number of carbonyl (C=O) groups excluding carboxylic acids is 1. The second-order valence-electron chi connectivity index (χ2n) is 4.56. The Kier molecular flexibility index (Phi) is 2.92. The van der Waals surface area contributed by atoms with Crippen molar-refractivity contribution >= 4 is 38.6 Å². The summed E-state index contributed by atoms with van der Waals surface area (Å²) in [5, 5.41) is 9.54. The van der Waals surface area contributed by atoms with Gasteiger partial charge in [0, 0.05) is 18.9 Å². The molecule has 2 aromatic rings. The lowest BCUT2D eigenvalue weighted by Crippen LogP contribution is -2.24. The van der Waals surface area contributed by atoms with Crippen molar-refractivity contribution in [1.29, 1.82) is 0 Å². The number of benzene rings is 1. The fourth-order valence-electron chi connectivity index (χ4n) is 2.17. The highest BCUT2D eigenvalue weighted by Crippen LogP contribution is 2.33. The number of amides is 1. The van der Waals surface area contributed by atoms with Crippen LogP contribution in [0, 0.1) is 18.3 Å². The number of hydrogen-bond donors (Lipinski definition) is 1. The van der Waals surface area contributed by atoms with Gasteiger partial charge in [-0.15, -0.1) is 12.3 Å². The Hall–Kier alpha value is -2.39. The fraction of sp³-hybridized carbons (Fsp3) is 0.214. The Morgan fingerprint density at radius 3 is 3.00 bits per heavy atom. The Balaban J connectivity index is 1.99. The van der Waals surface area contributed by atoms with Gasteiger partial charge >= 0.3 is 5.97 Å². The van der Waals surface area contributed by atoms with Crippen LogP contribution in [-0.2, 0) is 4.79 Å². The fourth-order valence-corrected chi connectivity index (χ4v) is 3.20. The molecule has 0 aliphatic carbocycles. The molecule has 1 atom stereocenters. The van der Waals surface area contributed by atoms with Gasteiger partial charge in [-0.1, -0.05) is 11.3 Å². The number of rotatable bonds is 2. The first-order valence-corrected chi connectivity index (χ1v) is 6.80. The molecule has 0 bridgehead atoms. The molecular weight excluding hydrogens is 276 g/mol. The van der Waals surface area contributed by atoms with Crippen molar-refractivity contribution in [3.05, 3.63) is 23.8 Å². The number of aromatic carboxylic acids is 1. The molecule has 20 heavy (non-hydrogen) atoms. The van der Waals surface area contributed by atoms with Gasteiger partial charge < -0.3 is 5.11 Å². The van der Waals surface area contributed by atoms with E-state index in [0.29, 0.717) is 23.6 Å². The molecule has 1 fully saturated rings. The quantitative estimate of drug-likeness (QED) is 0.857. The van der Waals surface area contributed by atoms with Gasteiger partial charge in [0.1, 0.15) is 0 Å². The summed E-state index contributed by atoms with van der Waals surface area (Å²) in [4.78, 5) is 28.8. The molecule has 1 N–H and O–H groups in total. The van der Waals surface area contributed by atoms with E-state index in [-0.39, 0.29) is 17.4 Å². The third kappa shape index (κ3) is 2.02. The number of carboxylic acids is 1. The van der Waals surface area contributed by atoms with E-state index in [0.717, 1.165) is 4.70 Å². The number of nitrogens with zero attached hydrogens (tertiary/aromatic N) is 2. The summed E-state index contributed by atoms with van der Waals surface area (Å²) >= 11 is 1.30. The predicted molar refractivity (Wildman–Crippen MR) is 75.9 cm³/mol. The second kappa shape index (κ2) is 4.62. The molecule has 1 unspecified atom stereocenters. The highest BCUT2D eigenvalue weighted by Gasteiger charge is 2.31. The minimum Gasteiger partial charge on any atom is -0.478 e. The van der Waals surface area contributed by atoms with Crippen LogP contribution in [0.3, 0.4) is 0 Å². The zero-order valence-electron chi connectivity index (χ0n) is 10.4. The van der Waals surface area contributed by atoms with Crippen molar-refractivity contribution in [2.45, 2.75) is 6.42 Å². The molecule has 1 amide bonds. The number of thiazole rings is 1. The number of anilines is 1. The summed E-state index contributed by atoms with van der Waals surface area (Å²) in [5.41, 5.74) is 0.897. The average Bonchev–Trinajstić information content (AvgIpc) is 3.00. The maximum atomic E-state index is 11.9. The van der Waals surface area contributed by atoms with E-state index in [2.05, 4.69) is 10.9 Å². The standard InChI is InChI=1S/C14H10N2O3S/c1-2-8-5-12(17)16(7-8)14-15-10-4-3-9(13(18)19)6-11(10)20-14/h1,3-4,6,8H,5,7H2,(H,18,19). The van der Waals surface area contributed by atoms with E-state index >= 15 is 0 Å². The van der Waals surface area contributed by atoms with Crippen molar-refractivity contribution in [2.75, 3.05) is 11.4 Å². The van der Waals surface area contributed by atoms with Gasteiger partial charge in [-0.3, -0.25) is 9.69 Å². The average molecular weight is 286 g/mol. The second-order valence-corrected chi connectivity index (χ2v) is 5.57. The van der Waals surface area contributed by atoms with Gasteiger partial charge in [-0.05, 0) is 18.2 Å². The summed E-state index contributed by atoms with van der Waals surface area (Å²) in [6.45, 7) is 0.473. The number of aromatic nitrogens is 1. The largest absolute Gasteiger partial charge is 0.478 e. The third-order valence-electron chi connectivity index (χ3n) is 3.22. The molecule has 1 aromatic heterocycles.